The summed E-state index contributed by atoms with van der Waals surface area (Å²) in [6, 6.07) is 4.69. The summed E-state index contributed by atoms with van der Waals surface area (Å²) in [6.45, 7) is 0.475. The van der Waals surface area contributed by atoms with Gasteiger partial charge in [-0.15, -0.1) is 0 Å². The highest BCUT2D eigenvalue weighted by atomic mass is 35.5. The largest absolute Gasteiger partial charge is 0.396 e. The predicted octanol–water partition coefficient (Wildman–Crippen LogP) is 2.11. The second-order valence-electron chi connectivity index (χ2n) is 2.96. The molecule has 0 aliphatic carbocycles. The summed E-state index contributed by atoms with van der Waals surface area (Å²) in [6.07, 6.45) is 0.525. The Labute approximate surface area is 98.0 Å². The summed E-state index contributed by atoms with van der Waals surface area (Å²) in [5, 5.41) is 12.0. The van der Waals surface area contributed by atoms with Crippen molar-refractivity contribution in [3.63, 3.8) is 0 Å². The molecule has 0 spiro atoms. The van der Waals surface area contributed by atoms with E-state index >= 15 is 0 Å². The molecule has 0 aromatic heterocycles. The van der Waals surface area contributed by atoms with Gasteiger partial charge < -0.3 is 10.4 Å². The van der Waals surface area contributed by atoms with Crippen molar-refractivity contribution in [2.45, 2.75) is 6.42 Å². The van der Waals surface area contributed by atoms with Gasteiger partial charge in [0.2, 0.25) is 0 Å². The lowest BCUT2D eigenvalue weighted by atomic mass is 10.2. The number of hydrogen-bond donors (Lipinski definition) is 2. The number of aliphatic hydroxyl groups excluding tert-OH is 1. The second-order valence-corrected chi connectivity index (χ2v) is 3.80. The van der Waals surface area contributed by atoms with Crippen LogP contribution in [0.15, 0.2) is 18.2 Å². The Morgan fingerprint density at radius 3 is 2.73 bits per heavy atom. The lowest BCUT2D eigenvalue weighted by Gasteiger charge is -2.05. The summed E-state index contributed by atoms with van der Waals surface area (Å²) in [7, 11) is 0. The molecule has 0 heterocycles. The van der Waals surface area contributed by atoms with Crippen molar-refractivity contribution in [1.29, 1.82) is 0 Å². The Morgan fingerprint density at radius 2 is 2.13 bits per heavy atom. The van der Waals surface area contributed by atoms with Gasteiger partial charge >= 0.3 is 0 Å². The second kappa shape index (κ2) is 5.95. The number of halogens is 2. The van der Waals surface area contributed by atoms with Gasteiger partial charge in [-0.05, 0) is 24.6 Å². The van der Waals surface area contributed by atoms with Crippen LogP contribution in [0.4, 0.5) is 0 Å². The molecule has 15 heavy (non-hydrogen) atoms. The van der Waals surface area contributed by atoms with E-state index in [4.69, 9.17) is 28.3 Å². The first kappa shape index (κ1) is 12.3. The molecule has 0 saturated heterocycles. The SMILES string of the molecule is O=C(NCCCO)c1ccc(Cl)cc1Cl. The number of benzene rings is 1. The number of carbonyl (C=O) groups is 1. The molecule has 0 bridgehead atoms. The molecule has 0 unspecified atom stereocenters. The number of hydrogen-bond acceptors (Lipinski definition) is 2. The van der Waals surface area contributed by atoms with Crippen LogP contribution in [-0.4, -0.2) is 24.2 Å². The van der Waals surface area contributed by atoms with Crippen molar-refractivity contribution in [1.82, 2.24) is 5.32 Å². The molecule has 1 amide bonds. The van der Waals surface area contributed by atoms with Crippen LogP contribution in [0.2, 0.25) is 10.0 Å². The van der Waals surface area contributed by atoms with Gasteiger partial charge in [0.15, 0.2) is 0 Å². The molecule has 1 rings (SSSR count). The van der Waals surface area contributed by atoms with Crippen LogP contribution in [0.1, 0.15) is 16.8 Å². The van der Waals surface area contributed by atoms with E-state index in [1.54, 1.807) is 12.1 Å². The molecule has 0 aliphatic heterocycles. The van der Waals surface area contributed by atoms with Crippen molar-refractivity contribution < 1.29 is 9.90 Å². The maximum atomic E-state index is 11.5. The third kappa shape index (κ3) is 3.70. The van der Waals surface area contributed by atoms with Crippen molar-refractivity contribution in [3.8, 4) is 0 Å². The van der Waals surface area contributed by atoms with Crippen LogP contribution in [0, 0.1) is 0 Å². The van der Waals surface area contributed by atoms with Crippen molar-refractivity contribution in [2.75, 3.05) is 13.2 Å². The quantitative estimate of drug-likeness (QED) is 0.801. The zero-order valence-electron chi connectivity index (χ0n) is 7.96. The van der Waals surface area contributed by atoms with Gasteiger partial charge in [-0.3, -0.25) is 4.79 Å². The number of aliphatic hydroxyl groups is 1. The van der Waals surface area contributed by atoms with Crippen molar-refractivity contribution >= 4 is 29.1 Å². The highest BCUT2D eigenvalue weighted by molar-refractivity contribution is 6.36. The van der Waals surface area contributed by atoms with E-state index in [0.29, 0.717) is 28.6 Å². The summed E-state index contributed by atoms with van der Waals surface area (Å²) in [5.41, 5.74) is 0.388. The third-order valence-electron chi connectivity index (χ3n) is 1.80. The Hall–Kier alpha value is -0.770. The highest BCUT2D eigenvalue weighted by Crippen LogP contribution is 2.20. The fourth-order valence-corrected chi connectivity index (χ4v) is 1.54. The van der Waals surface area contributed by atoms with Crippen LogP contribution >= 0.6 is 23.2 Å². The Morgan fingerprint density at radius 1 is 1.40 bits per heavy atom. The molecule has 1 aromatic carbocycles. The van der Waals surface area contributed by atoms with Gasteiger partial charge in [-0.1, -0.05) is 23.2 Å². The van der Waals surface area contributed by atoms with E-state index in [-0.39, 0.29) is 12.5 Å². The molecule has 0 saturated carbocycles. The first-order chi connectivity index (χ1) is 7.15. The molecule has 1 aromatic rings. The number of nitrogens with one attached hydrogen (secondary N) is 1. The molecular formula is C10H11Cl2NO2. The van der Waals surface area contributed by atoms with E-state index in [1.807, 2.05) is 0 Å². The highest BCUT2D eigenvalue weighted by Gasteiger charge is 2.09. The van der Waals surface area contributed by atoms with E-state index in [0.717, 1.165) is 0 Å². The van der Waals surface area contributed by atoms with E-state index < -0.39 is 0 Å². The topological polar surface area (TPSA) is 49.3 Å². The summed E-state index contributed by atoms with van der Waals surface area (Å²) in [5.74, 6) is -0.259. The molecule has 82 valence electrons. The van der Waals surface area contributed by atoms with Crippen LogP contribution in [0.3, 0.4) is 0 Å². The summed E-state index contributed by atoms with van der Waals surface area (Å²) in [4.78, 5) is 11.5. The minimum absolute atomic E-state index is 0.0502. The molecular weight excluding hydrogens is 237 g/mol. The lowest BCUT2D eigenvalue weighted by molar-refractivity contribution is 0.0951. The van der Waals surface area contributed by atoms with Gasteiger partial charge in [0.1, 0.15) is 0 Å². The number of rotatable bonds is 4. The molecule has 0 aliphatic rings. The normalized spacial score (nSPS) is 10.1. The molecule has 5 heteroatoms. The Balaban J connectivity index is 2.65. The minimum atomic E-state index is -0.259. The third-order valence-corrected chi connectivity index (χ3v) is 2.34. The van der Waals surface area contributed by atoms with Gasteiger partial charge in [0, 0.05) is 18.2 Å². The van der Waals surface area contributed by atoms with E-state index in [2.05, 4.69) is 5.32 Å². The van der Waals surface area contributed by atoms with Gasteiger partial charge in [0.25, 0.3) is 5.91 Å². The van der Waals surface area contributed by atoms with Crippen LogP contribution in [0.25, 0.3) is 0 Å². The van der Waals surface area contributed by atoms with Gasteiger partial charge in [-0.25, -0.2) is 0 Å². The van der Waals surface area contributed by atoms with Gasteiger partial charge in [0.05, 0.1) is 10.6 Å². The molecule has 2 N–H and O–H groups in total. The Kier molecular flexibility index (Phi) is 4.88. The summed E-state index contributed by atoms with van der Waals surface area (Å²) < 4.78 is 0. The van der Waals surface area contributed by atoms with Crippen molar-refractivity contribution in [3.05, 3.63) is 33.8 Å². The van der Waals surface area contributed by atoms with Gasteiger partial charge in [-0.2, -0.15) is 0 Å². The number of amides is 1. The standard InChI is InChI=1S/C10H11Cl2NO2/c11-7-2-3-8(9(12)6-7)10(15)13-4-1-5-14/h2-3,6,14H,1,4-5H2,(H,13,15). The average Bonchev–Trinajstić information content (AvgIpc) is 2.17. The Bertz CT molecular complexity index is 355. The maximum Gasteiger partial charge on any atom is 0.252 e. The number of carbonyl (C=O) groups excluding carboxylic acids is 1. The average molecular weight is 248 g/mol. The molecule has 3 nitrogen and oxygen atoms in total. The summed E-state index contributed by atoms with van der Waals surface area (Å²) >= 11 is 11.5. The fraction of sp³-hybridized carbons (Fsp3) is 0.300. The minimum Gasteiger partial charge on any atom is -0.396 e. The van der Waals surface area contributed by atoms with Crippen LogP contribution < -0.4 is 5.32 Å². The van der Waals surface area contributed by atoms with E-state index in [9.17, 15) is 4.79 Å². The molecule has 0 atom stereocenters. The van der Waals surface area contributed by atoms with Crippen LogP contribution in [-0.2, 0) is 0 Å². The van der Waals surface area contributed by atoms with Crippen LogP contribution in [0.5, 0.6) is 0 Å². The van der Waals surface area contributed by atoms with Crippen molar-refractivity contribution in [2.24, 2.45) is 0 Å². The first-order valence-corrected chi connectivity index (χ1v) is 5.25. The first-order valence-electron chi connectivity index (χ1n) is 4.49. The maximum absolute atomic E-state index is 11.5. The predicted molar refractivity (Wildman–Crippen MR) is 60.5 cm³/mol. The zero-order chi connectivity index (χ0) is 11.3. The molecule has 0 fully saturated rings. The smallest absolute Gasteiger partial charge is 0.252 e. The zero-order valence-corrected chi connectivity index (χ0v) is 9.48. The lowest BCUT2D eigenvalue weighted by Crippen LogP contribution is -2.25. The van der Waals surface area contributed by atoms with E-state index in [1.165, 1.54) is 6.07 Å². The fourth-order valence-electron chi connectivity index (χ4n) is 1.05. The molecule has 0 radical (unpaired) electrons. The monoisotopic (exact) mass is 247 g/mol.